The molecule has 0 aliphatic heterocycles. The molecule has 0 spiro atoms. The van der Waals surface area contributed by atoms with Crippen LogP contribution >= 0.6 is 11.3 Å². The third kappa shape index (κ3) is 3.90. The highest BCUT2D eigenvalue weighted by atomic mass is 32.1. The van der Waals surface area contributed by atoms with Crippen LogP contribution in [-0.4, -0.2) is 25.6 Å². The molecule has 0 atom stereocenters. The molecule has 4 aromatic heterocycles. The number of amides is 1. The van der Waals surface area contributed by atoms with Gasteiger partial charge in [-0.1, -0.05) is 34.7 Å². The van der Waals surface area contributed by atoms with Crippen LogP contribution in [0.5, 0.6) is 0 Å². The zero-order chi connectivity index (χ0) is 21.2. The summed E-state index contributed by atoms with van der Waals surface area (Å²) in [5.41, 5.74) is 2.22. The molecule has 9 heteroatoms. The lowest BCUT2D eigenvalue weighted by atomic mass is 10.1. The Balaban J connectivity index is 1.36. The van der Waals surface area contributed by atoms with Gasteiger partial charge in [-0.25, -0.2) is 4.98 Å². The summed E-state index contributed by atoms with van der Waals surface area (Å²) < 4.78 is 12.5. The van der Waals surface area contributed by atoms with Gasteiger partial charge in [0.15, 0.2) is 10.9 Å². The molecule has 0 saturated carbocycles. The fourth-order valence-corrected chi connectivity index (χ4v) is 4.07. The van der Waals surface area contributed by atoms with Crippen molar-refractivity contribution in [2.75, 3.05) is 5.32 Å². The molecule has 8 nitrogen and oxygen atoms in total. The van der Waals surface area contributed by atoms with Gasteiger partial charge in [0.1, 0.15) is 4.88 Å². The van der Waals surface area contributed by atoms with Crippen molar-refractivity contribution in [1.29, 1.82) is 0 Å². The van der Waals surface area contributed by atoms with Crippen LogP contribution in [0.4, 0.5) is 5.69 Å². The van der Waals surface area contributed by atoms with E-state index in [-0.39, 0.29) is 5.91 Å². The number of carbonyl (C=O) groups is 1. The van der Waals surface area contributed by atoms with Crippen LogP contribution in [0.2, 0.25) is 0 Å². The van der Waals surface area contributed by atoms with E-state index in [2.05, 4.69) is 20.4 Å². The molecule has 0 saturated heterocycles. The lowest BCUT2D eigenvalue weighted by molar-refractivity contribution is 0.102. The summed E-state index contributed by atoms with van der Waals surface area (Å²) in [5.74, 6) is 1.15. The molecule has 0 bridgehead atoms. The van der Waals surface area contributed by atoms with Crippen molar-refractivity contribution >= 4 is 22.9 Å². The van der Waals surface area contributed by atoms with Gasteiger partial charge in [-0.05, 0) is 42.8 Å². The Morgan fingerprint density at radius 3 is 2.74 bits per heavy atom. The maximum Gasteiger partial charge on any atom is 0.267 e. The van der Waals surface area contributed by atoms with E-state index in [0.717, 1.165) is 10.7 Å². The van der Waals surface area contributed by atoms with Crippen molar-refractivity contribution in [3.8, 4) is 16.7 Å². The highest BCUT2D eigenvalue weighted by molar-refractivity contribution is 7.16. The van der Waals surface area contributed by atoms with Gasteiger partial charge in [0.25, 0.3) is 5.91 Å². The number of nitrogens with one attached hydrogen (secondary N) is 1. The van der Waals surface area contributed by atoms with Crippen molar-refractivity contribution in [3.05, 3.63) is 89.2 Å². The summed E-state index contributed by atoms with van der Waals surface area (Å²) in [7, 11) is 0. The van der Waals surface area contributed by atoms with Gasteiger partial charge in [0, 0.05) is 18.1 Å². The largest absolute Gasteiger partial charge is 0.461 e. The topological polar surface area (TPSA) is 99.0 Å². The first-order chi connectivity index (χ1) is 15.2. The number of aromatic nitrogens is 4. The highest BCUT2D eigenvalue weighted by Gasteiger charge is 2.18. The number of furan rings is 1. The smallest absolute Gasteiger partial charge is 0.267 e. The molecule has 0 radical (unpaired) electrons. The van der Waals surface area contributed by atoms with E-state index in [4.69, 9.17) is 8.94 Å². The van der Waals surface area contributed by atoms with Crippen molar-refractivity contribution < 1.29 is 13.7 Å². The average Bonchev–Trinajstić information content (AvgIpc) is 3.56. The van der Waals surface area contributed by atoms with E-state index in [1.807, 2.05) is 60.3 Å². The van der Waals surface area contributed by atoms with Crippen molar-refractivity contribution in [2.45, 2.75) is 13.3 Å². The number of anilines is 1. The number of aryl methyl sites for hydroxylation is 1. The number of rotatable bonds is 6. The van der Waals surface area contributed by atoms with Crippen LogP contribution < -0.4 is 5.32 Å². The first-order valence-corrected chi connectivity index (χ1v) is 10.4. The van der Waals surface area contributed by atoms with Crippen LogP contribution in [0.1, 0.15) is 26.8 Å². The number of hydrogen-bond acceptors (Lipinski definition) is 7. The molecular weight excluding hydrogens is 414 g/mol. The third-order valence-electron chi connectivity index (χ3n) is 4.63. The Bertz CT molecular complexity index is 1320. The van der Waals surface area contributed by atoms with Crippen LogP contribution in [0.3, 0.4) is 0 Å². The summed E-state index contributed by atoms with van der Waals surface area (Å²) in [6.45, 7) is 1.83. The van der Waals surface area contributed by atoms with E-state index < -0.39 is 0 Å². The predicted molar refractivity (Wildman–Crippen MR) is 115 cm³/mol. The van der Waals surface area contributed by atoms with Crippen LogP contribution in [-0.2, 0) is 6.42 Å². The van der Waals surface area contributed by atoms with Crippen LogP contribution in [0.25, 0.3) is 16.7 Å². The van der Waals surface area contributed by atoms with Gasteiger partial charge in [-0.2, -0.15) is 4.98 Å². The van der Waals surface area contributed by atoms with Gasteiger partial charge in [-0.3, -0.25) is 4.79 Å². The molecular formula is C22H17N5O3S. The summed E-state index contributed by atoms with van der Waals surface area (Å²) in [4.78, 5) is 22.4. The molecule has 0 unspecified atom stereocenters. The number of para-hydroxylation sites is 1. The van der Waals surface area contributed by atoms with Crippen molar-refractivity contribution in [3.63, 3.8) is 0 Å². The van der Waals surface area contributed by atoms with Gasteiger partial charge in [0.2, 0.25) is 11.7 Å². The van der Waals surface area contributed by atoms with Gasteiger partial charge in [0.05, 0.1) is 18.4 Å². The van der Waals surface area contributed by atoms with Crippen LogP contribution in [0, 0.1) is 6.92 Å². The monoisotopic (exact) mass is 431 g/mol. The molecule has 1 amide bonds. The summed E-state index contributed by atoms with van der Waals surface area (Å²) in [6, 6.07) is 14.9. The fraction of sp³-hybridized carbons (Fsp3) is 0.0909. The number of thiazole rings is 1. The van der Waals surface area contributed by atoms with E-state index in [0.29, 0.717) is 40.2 Å². The molecule has 154 valence electrons. The van der Waals surface area contributed by atoms with E-state index in [9.17, 15) is 4.79 Å². The normalized spacial score (nSPS) is 11.0. The Kier molecular flexibility index (Phi) is 4.93. The van der Waals surface area contributed by atoms with E-state index in [1.165, 1.54) is 11.3 Å². The Morgan fingerprint density at radius 1 is 1.10 bits per heavy atom. The van der Waals surface area contributed by atoms with Crippen molar-refractivity contribution in [2.24, 2.45) is 0 Å². The number of nitrogens with zero attached hydrogens (tertiary/aromatic N) is 4. The predicted octanol–water partition coefficient (Wildman–Crippen LogP) is 4.73. The SMILES string of the molecule is Cc1nc(-n2cccc2)sc1C(=O)Nc1ccccc1Cc1nc(-c2ccco2)no1. The summed E-state index contributed by atoms with van der Waals surface area (Å²) >= 11 is 1.34. The second-order valence-electron chi connectivity index (χ2n) is 6.78. The maximum absolute atomic E-state index is 13.0. The quantitative estimate of drug-likeness (QED) is 0.417. The summed E-state index contributed by atoms with van der Waals surface area (Å²) in [5, 5.41) is 7.70. The zero-order valence-corrected chi connectivity index (χ0v) is 17.3. The third-order valence-corrected chi connectivity index (χ3v) is 5.80. The maximum atomic E-state index is 13.0. The van der Waals surface area contributed by atoms with Crippen LogP contribution in [0.15, 0.2) is 76.1 Å². The van der Waals surface area contributed by atoms with Crippen molar-refractivity contribution in [1.82, 2.24) is 19.7 Å². The molecule has 1 N–H and O–H groups in total. The average molecular weight is 431 g/mol. The lowest BCUT2D eigenvalue weighted by Gasteiger charge is -2.09. The first-order valence-electron chi connectivity index (χ1n) is 9.54. The standard InChI is InChI=1S/C22H17N5O3S/c1-14-19(31-22(23-14)27-10-4-5-11-27)21(28)24-16-8-3-2-7-15(16)13-18-25-20(26-30-18)17-9-6-12-29-17/h2-12H,13H2,1H3,(H,24,28). The molecule has 5 rings (SSSR count). The molecule has 0 fully saturated rings. The molecule has 0 aliphatic carbocycles. The Hall–Kier alpha value is -3.98. The van der Waals surface area contributed by atoms with Gasteiger partial charge in [-0.15, -0.1) is 0 Å². The highest BCUT2D eigenvalue weighted by Crippen LogP contribution is 2.25. The molecule has 1 aromatic carbocycles. The minimum Gasteiger partial charge on any atom is -0.461 e. The number of hydrogen-bond donors (Lipinski definition) is 1. The summed E-state index contributed by atoms with van der Waals surface area (Å²) in [6.07, 6.45) is 5.73. The van der Waals surface area contributed by atoms with Gasteiger partial charge >= 0.3 is 0 Å². The van der Waals surface area contributed by atoms with E-state index >= 15 is 0 Å². The number of benzene rings is 1. The fourth-order valence-electron chi connectivity index (χ4n) is 3.14. The molecule has 5 aromatic rings. The minimum atomic E-state index is -0.206. The Morgan fingerprint density at radius 2 is 1.94 bits per heavy atom. The minimum absolute atomic E-state index is 0.206. The lowest BCUT2D eigenvalue weighted by Crippen LogP contribution is -2.13. The molecule has 31 heavy (non-hydrogen) atoms. The first kappa shape index (κ1) is 19.0. The second kappa shape index (κ2) is 8.04. The zero-order valence-electron chi connectivity index (χ0n) is 16.5. The molecule has 0 aliphatic rings. The second-order valence-corrected chi connectivity index (χ2v) is 7.76. The van der Waals surface area contributed by atoms with Gasteiger partial charge < -0.3 is 18.8 Å². The number of carbonyl (C=O) groups excluding carboxylic acids is 1. The molecule has 4 heterocycles. The van der Waals surface area contributed by atoms with E-state index in [1.54, 1.807) is 18.4 Å². The Labute approximate surface area is 181 Å².